The number of fused-ring (bicyclic) bond motifs is 1. The zero-order chi connectivity index (χ0) is 16.5. The summed E-state index contributed by atoms with van der Waals surface area (Å²) in [5.74, 6) is 0. The van der Waals surface area contributed by atoms with Crippen LogP contribution < -0.4 is 5.46 Å². The van der Waals surface area contributed by atoms with Gasteiger partial charge in [0.15, 0.2) is 6.10 Å². The Labute approximate surface area is 124 Å². The van der Waals surface area contributed by atoms with Gasteiger partial charge in [-0.1, -0.05) is 36.4 Å². The monoisotopic (exact) mass is 314 g/mol. The van der Waals surface area contributed by atoms with E-state index < -0.39 is 31.9 Å². The minimum absolute atomic E-state index is 0.183. The first-order chi connectivity index (χ1) is 10.2. The third kappa shape index (κ3) is 3.41. The normalized spacial score (nSPS) is 14.9. The number of benzene rings is 2. The van der Waals surface area contributed by atoms with E-state index in [0.717, 1.165) is 0 Å². The molecule has 0 radical (unpaired) electrons. The minimum atomic E-state index is -4.81. The molecule has 2 aromatic rings. The van der Waals surface area contributed by atoms with Crippen molar-refractivity contribution in [2.24, 2.45) is 0 Å². The van der Waals surface area contributed by atoms with E-state index in [9.17, 15) is 28.3 Å². The first-order valence-electron chi connectivity index (χ1n) is 6.52. The summed E-state index contributed by atoms with van der Waals surface area (Å²) in [5, 5.41) is 38.5. The molecule has 0 aliphatic rings. The van der Waals surface area contributed by atoms with E-state index in [1.807, 2.05) is 0 Å². The smallest absolute Gasteiger partial charge is 0.423 e. The third-order valence-corrected chi connectivity index (χ3v) is 3.45. The molecular formula is C14H14BF3O4. The number of aliphatic hydroxyl groups is 2. The van der Waals surface area contributed by atoms with E-state index in [-0.39, 0.29) is 11.0 Å². The summed E-state index contributed by atoms with van der Waals surface area (Å²) in [5.41, 5.74) is 0.367. The SMILES string of the molecule is OB(O)c1cccc2c(C(O)CC(O)C(F)(F)F)cccc12. The molecule has 2 aromatic carbocycles. The van der Waals surface area contributed by atoms with Crippen molar-refractivity contribution in [1.82, 2.24) is 0 Å². The molecule has 4 N–H and O–H groups in total. The summed E-state index contributed by atoms with van der Waals surface area (Å²) in [6.07, 6.45) is -9.87. The number of rotatable bonds is 4. The van der Waals surface area contributed by atoms with Crippen molar-refractivity contribution < 1.29 is 33.4 Å². The molecule has 0 fully saturated rings. The van der Waals surface area contributed by atoms with Gasteiger partial charge in [0.1, 0.15) is 0 Å². The topological polar surface area (TPSA) is 80.9 Å². The van der Waals surface area contributed by atoms with Crippen LogP contribution in [0.3, 0.4) is 0 Å². The molecule has 0 aliphatic heterocycles. The van der Waals surface area contributed by atoms with Crippen LogP contribution in [0.25, 0.3) is 10.8 Å². The van der Waals surface area contributed by atoms with Crippen LogP contribution in [0.5, 0.6) is 0 Å². The second-order valence-corrected chi connectivity index (χ2v) is 4.97. The Bertz CT molecular complexity index is 660. The van der Waals surface area contributed by atoms with Crippen LogP contribution in [-0.2, 0) is 0 Å². The lowest BCUT2D eigenvalue weighted by Crippen LogP contribution is -2.31. The van der Waals surface area contributed by atoms with Crippen molar-refractivity contribution in [3.05, 3.63) is 42.0 Å². The van der Waals surface area contributed by atoms with Gasteiger partial charge in [0.25, 0.3) is 0 Å². The van der Waals surface area contributed by atoms with Crippen LogP contribution >= 0.6 is 0 Å². The van der Waals surface area contributed by atoms with Crippen LogP contribution in [-0.4, -0.2) is 39.7 Å². The van der Waals surface area contributed by atoms with E-state index in [0.29, 0.717) is 10.8 Å². The van der Waals surface area contributed by atoms with Crippen LogP contribution in [0.1, 0.15) is 18.1 Å². The molecule has 0 spiro atoms. The number of hydrogen-bond donors (Lipinski definition) is 4. The van der Waals surface area contributed by atoms with E-state index in [1.54, 1.807) is 12.1 Å². The van der Waals surface area contributed by atoms with E-state index in [2.05, 4.69) is 0 Å². The fourth-order valence-electron chi connectivity index (χ4n) is 2.35. The molecule has 4 nitrogen and oxygen atoms in total. The minimum Gasteiger partial charge on any atom is -0.423 e. The summed E-state index contributed by atoms with van der Waals surface area (Å²) >= 11 is 0. The van der Waals surface area contributed by atoms with Gasteiger partial charge in [0.2, 0.25) is 0 Å². The second kappa shape index (κ2) is 6.25. The Hall–Kier alpha value is -1.61. The molecule has 2 unspecified atom stereocenters. The lowest BCUT2D eigenvalue weighted by atomic mass is 9.76. The molecule has 2 atom stereocenters. The quantitative estimate of drug-likeness (QED) is 0.631. The highest BCUT2D eigenvalue weighted by Gasteiger charge is 2.39. The average Bonchev–Trinajstić information content (AvgIpc) is 2.44. The first kappa shape index (κ1) is 16.8. The molecule has 0 bridgehead atoms. The van der Waals surface area contributed by atoms with E-state index in [1.165, 1.54) is 24.3 Å². The van der Waals surface area contributed by atoms with Crippen LogP contribution in [0.2, 0.25) is 0 Å². The standard InChI is InChI=1S/C14H14BF3O4/c16-14(17,18)13(20)7-12(19)10-5-1-4-9-8(10)3-2-6-11(9)15(21)22/h1-6,12-13,19-22H,7H2. The van der Waals surface area contributed by atoms with Crippen molar-refractivity contribution in [2.45, 2.75) is 24.8 Å². The molecule has 0 saturated carbocycles. The van der Waals surface area contributed by atoms with Gasteiger partial charge < -0.3 is 20.3 Å². The zero-order valence-electron chi connectivity index (χ0n) is 11.3. The van der Waals surface area contributed by atoms with Gasteiger partial charge in [-0.15, -0.1) is 0 Å². The zero-order valence-corrected chi connectivity index (χ0v) is 11.3. The van der Waals surface area contributed by atoms with Crippen LogP contribution in [0.15, 0.2) is 36.4 Å². The van der Waals surface area contributed by atoms with E-state index >= 15 is 0 Å². The average molecular weight is 314 g/mol. The fourth-order valence-corrected chi connectivity index (χ4v) is 2.35. The maximum Gasteiger partial charge on any atom is 0.489 e. The van der Waals surface area contributed by atoms with Gasteiger partial charge in [-0.2, -0.15) is 13.2 Å². The summed E-state index contributed by atoms with van der Waals surface area (Å²) in [7, 11) is -1.74. The number of alkyl halides is 3. The van der Waals surface area contributed by atoms with Crippen LogP contribution in [0, 0.1) is 0 Å². The molecule has 0 aromatic heterocycles. The van der Waals surface area contributed by atoms with Crippen molar-refractivity contribution in [1.29, 1.82) is 0 Å². The van der Waals surface area contributed by atoms with Crippen molar-refractivity contribution in [3.8, 4) is 0 Å². The van der Waals surface area contributed by atoms with Gasteiger partial charge >= 0.3 is 13.3 Å². The third-order valence-electron chi connectivity index (χ3n) is 3.45. The highest BCUT2D eigenvalue weighted by Crippen LogP contribution is 2.31. The second-order valence-electron chi connectivity index (χ2n) is 4.97. The van der Waals surface area contributed by atoms with E-state index in [4.69, 9.17) is 5.11 Å². The molecule has 22 heavy (non-hydrogen) atoms. The first-order valence-corrected chi connectivity index (χ1v) is 6.52. The van der Waals surface area contributed by atoms with Gasteiger partial charge in [0.05, 0.1) is 6.10 Å². The summed E-state index contributed by atoms with van der Waals surface area (Å²) < 4.78 is 37.1. The highest BCUT2D eigenvalue weighted by molar-refractivity contribution is 6.62. The van der Waals surface area contributed by atoms with Crippen LogP contribution in [0.4, 0.5) is 13.2 Å². The molecule has 0 aliphatic carbocycles. The number of hydrogen-bond acceptors (Lipinski definition) is 4. The number of halogens is 3. The Balaban J connectivity index is 2.42. The molecule has 0 saturated heterocycles. The molecule has 2 rings (SSSR count). The number of aliphatic hydroxyl groups excluding tert-OH is 2. The molecular weight excluding hydrogens is 300 g/mol. The maximum atomic E-state index is 12.4. The Morgan fingerprint density at radius 1 is 0.955 bits per heavy atom. The Kier molecular flexibility index (Phi) is 4.76. The molecule has 0 heterocycles. The summed E-state index contributed by atoms with van der Waals surface area (Å²) in [6.45, 7) is 0. The highest BCUT2D eigenvalue weighted by atomic mass is 19.4. The molecule has 0 amide bonds. The summed E-state index contributed by atoms with van der Waals surface area (Å²) in [4.78, 5) is 0. The van der Waals surface area contributed by atoms with Crippen molar-refractivity contribution in [3.63, 3.8) is 0 Å². The fraction of sp³-hybridized carbons (Fsp3) is 0.286. The molecule has 118 valence electrons. The van der Waals surface area contributed by atoms with Gasteiger partial charge in [-0.05, 0) is 21.8 Å². The van der Waals surface area contributed by atoms with Gasteiger partial charge in [-0.25, -0.2) is 0 Å². The molecule has 8 heteroatoms. The Morgan fingerprint density at radius 3 is 2.14 bits per heavy atom. The van der Waals surface area contributed by atoms with Crippen molar-refractivity contribution in [2.75, 3.05) is 0 Å². The van der Waals surface area contributed by atoms with Gasteiger partial charge in [0, 0.05) is 6.42 Å². The lowest BCUT2D eigenvalue weighted by Gasteiger charge is -2.20. The lowest BCUT2D eigenvalue weighted by molar-refractivity contribution is -0.211. The largest absolute Gasteiger partial charge is 0.489 e. The predicted molar refractivity (Wildman–Crippen MR) is 75.4 cm³/mol. The Morgan fingerprint density at radius 2 is 1.55 bits per heavy atom. The predicted octanol–water partition coefficient (Wildman–Crippen LogP) is 0.866. The summed E-state index contributed by atoms with van der Waals surface area (Å²) in [6, 6.07) is 9.03. The van der Waals surface area contributed by atoms with Gasteiger partial charge in [-0.3, -0.25) is 0 Å². The van der Waals surface area contributed by atoms with Crippen molar-refractivity contribution >= 4 is 23.4 Å². The maximum absolute atomic E-state index is 12.4.